The molecule has 0 spiro atoms. The number of hydrogen-bond donors (Lipinski definition) is 3. The van der Waals surface area contributed by atoms with E-state index in [-0.39, 0.29) is 12.5 Å². The maximum atomic E-state index is 11.6. The molecule has 5 heteroatoms. The number of benzene rings is 1. The third-order valence-electron chi connectivity index (χ3n) is 3.60. The third-order valence-corrected chi connectivity index (χ3v) is 3.60. The molecule has 1 fully saturated rings. The molecule has 1 aliphatic carbocycles. The minimum absolute atomic E-state index is 0.0658. The lowest BCUT2D eigenvalue weighted by Crippen LogP contribution is -2.29. The Kier molecular flexibility index (Phi) is 4.98. The van der Waals surface area contributed by atoms with Gasteiger partial charge >= 0.3 is 12.0 Å². The lowest BCUT2D eigenvalue weighted by atomic mass is 9.80. The Bertz CT molecular complexity index is 467. The summed E-state index contributed by atoms with van der Waals surface area (Å²) in [5.74, 6) is -0.160. The molecule has 3 N–H and O–H groups in total. The Hall–Kier alpha value is -2.04. The third kappa shape index (κ3) is 4.26. The number of amides is 2. The molecule has 0 atom stereocenters. The van der Waals surface area contributed by atoms with Gasteiger partial charge in [-0.05, 0) is 42.9 Å². The van der Waals surface area contributed by atoms with E-state index >= 15 is 0 Å². The SMILES string of the molecule is O=C(O)CCCNC(=O)Nc1ccc(C2CCC2)cc1. The van der Waals surface area contributed by atoms with Gasteiger partial charge in [0.1, 0.15) is 0 Å². The van der Waals surface area contributed by atoms with Crippen molar-refractivity contribution >= 4 is 17.7 Å². The van der Waals surface area contributed by atoms with Crippen molar-refractivity contribution in [3.8, 4) is 0 Å². The van der Waals surface area contributed by atoms with Crippen molar-refractivity contribution in [3.63, 3.8) is 0 Å². The maximum absolute atomic E-state index is 11.6. The lowest BCUT2D eigenvalue weighted by molar-refractivity contribution is -0.137. The van der Waals surface area contributed by atoms with Crippen molar-refractivity contribution in [1.82, 2.24) is 5.32 Å². The van der Waals surface area contributed by atoms with Gasteiger partial charge < -0.3 is 15.7 Å². The smallest absolute Gasteiger partial charge is 0.319 e. The molecule has 0 heterocycles. The highest BCUT2D eigenvalue weighted by Crippen LogP contribution is 2.36. The number of urea groups is 1. The van der Waals surface area contributed by atoms with Gasteiger partial charge in [0, 0.05) is 18.7 Å². The largest absolute Gasteiger partial charge is 0.481 e. The zero-order valence-corrected chi connectivity index (χ0v) is 11.4. The van der Waals surface area contributed by atoms with Crippen LogP contribution in [-0.2, 0) is 4.79 Å². The Morgan fingerprint density at radius 2 is 1.90 bits per heavy atom. The number of rotatable bonds is 6. The molecule has 0 bridgehead atoms. The van der Waals surface area contributed by atoms with E-state index in [0.29, 0.717) is 18.9 Å². The number of hydrogen-bond acceptors (Lipinski definition) is 2. The van der Waals surface area contributed by atoms with E-state index in [0.717, 1.165) is 5.69 Å². The summed E-state index contributed by atoms with van der Waals surface area (Å²) in [6, 6.07) is 7.63. The van der Waals surface area contributed by atoms with Crippen LogP contribution < -0.4 is 10.6 Å². The molecule has 108 valence electrons. The molecular formula is C15H20N2O3. The average Bonchev–Trinajstić information content (AvgIpc) is 2.35. The second-order valence-corrected chi connectivity index (χ2v) is 5.13. The molecule has 1 aromatic carbocycles. The van der Waals surface area contributed by atoms with Gasteiger partial charge in [0.25, 0.3) is 0 Å². The van der Waals surface area contributed by atoms with Crippen molar-refractivity contribution in [3.05, 3.63) is 29.8 Å². The fourth-order valence-corrected chi connectivity index (χ4v) is 2.20. The molecule has 1 aliphatic rings. The molecule has 0 aromatic heterocycles. The molecule has 5 nitrogen and oxygen atoms in total. The number of nitrogens with one attached hydrogen (secondary N) is 2. The van der Waals surface area contributed by atoms with E-state index in [1.165, 1.54) is 24.8 Å². The predicted molar refractivity (Wildman–Crippen MR) is 76.9 cm³/mol. The van der Waals surface area contributed by atoms with E-state index < -0.39 is 5.97 Å². The minimum Gasteiger partial charge on any atom is -0.481 e. The normalized spacial score (nSPS) is 14.4. The number of carbonyl (C=O) groups excluding carboxylic acids is 1. The highest BCUT2D eigenvalue weighted by atomic mass is 16.4. The van der Waals surface area contributed by atoms with Crippen molar-refractivity contribution < 1.29 is 14.7 Å². The highest BCUT2D eigenvalue weighted by molar-refractivity contribution is 5.89. The summed E-state index contributed by atoms with van der Waals surface area (Å²) >= 11 is 0. The van der Waals surface area contributed by atoms with Crippen LogP contribution in [0.15, 0.2) is 24.3 Å². The number of carboxylic acids is 1. The minimum atomic E-state index is -0.848. The van der Waals surface area contributed by atoms with Crippen LogP contribution >= 0.6 is 0 Å². The molecule has 0 unspecified atom stereocenters. The highest BCUT2D eigenvalue weighted by Gasteiger charge is 2.18. The molecule has 0 saturated heterocycles. The molecule has 0 radical (unpaired) electrons. The zero-order chi connectivity index (χ0) is 14.4. The van der Waals surface area contributed by atoms with Crippen LogP contribution in [0.2, 0.25) is 0 Å². The van der Waals surface area contributed by atoms with Crippen LogP contribution in [0.25, 0.3) is 0 Å². The predicted octanol–water partition coefficient (Wildman–Crippen LogP) is 2.94. The molecule has 2 rings (SSSR count). The fourth-order valence-electron chi connectivity index (χ4n) is 2.20. The first-order valence-corrected chi connectivity index (χ1v) is 7.02. The molecule has 1 aromatic rings. The second-order valence-electron chi connectivity index (χ2n) is 5.13. The van der Waals surface area contributed by atoms with Crippen LogP contribution in [0, 0.1) is 0 Å². The maximum Gasteiger partial charge on any atom is 0.319 e. The van der Waals surface area contributed by atoms with Crippen molar-refractivity contribution in [1.29, 1.82) is 0 Å². The van der Waals surface area contributed by atoms with E-state index in [9.17, 15) is 9.59 Å². The van der Waals surface area contributed by atoms with Crippen molar-refractivity contribution in [2.45, 2.75) is 38.0 Å². The number of carboxylic acid groups (broad SMARTS) is 1. The summed E-state index contributed by atoms with van der Waals surface area (Å²) in [7, 11) is 0. The van der Waals surface area contributed by atoms with Crippen LogP contribution in [-0.4, -0.2) is 23.7 Å². The molecule has 2 amide bonds. The lowest BCUT2D eigenvalue weighted by Gasteiger charge is -2.25. The zero-order valence-electron chi connectivity index (χ0n) is 11.4. The summed E-state index contributed by atoms with van der Waals surface area (Å²) in [5.41, 5.74) is 2.09. The molecular weight excluding hydrogens is 256 g/mol. The topological polar surface area (TPSA) is 78.4 Å². The van der Waals surface area contributed by atoms with Crippen LogP contribution in [0.1, 0.15) is 43.6 Å². The van der Waals surface area contributed by atoms with Crippen LogP contribution in [0.4, 0.5) is 10.5 Å². The first-order chi connectivity index (χ1) is 9.65. The Morgan fingerprint density at radius 3 is 2.45 bits per heavy atom. The van der Waals surface area contributed by atoms with E-state index in [4.69, 9.17) is 5.11 Å². The quantitative estimate of drug-likeness (QED) is 0.699. The summed E-state index contributed by atoms with van der Waals surface area (Å²) in [6.07, 6.45) is 4.33. The number of anilines is 1. The average molecular weight is 276 g/mol. The summed E-state index contributed by atoms with van der Waals surface area (Å²) in [5, 5.41) is 13.8. The van der Waals surface area contributed by atoms with Gasteiger partial charge in [0.15, 0.2) is 0 Å². The monoisotopic (exact) mass is 276 g/mol. The molecule has 20 heavy (non-hydrogen) atoms. The Labute approximate surface area is 118 Å². The first-order valence-electron chi connectivity index (χ1n) is 7.02. The standard InChI is InChI=1S/C15H20N2O3/c18-14(19)5-2-10-16-15(20)17-13-8-6-12(7-9-13)11-3-1-4-11/h6-9,11H,1-5,10H2,(H,18,19)(H2,16,17,20). The van der Waals surface area contributed by atoms with Gasteiger partial charge in [0.2, 0.25) is 0 Å². The summed E-state index contributed by atoms with van der Waals surface area (Å²) in [4.78, 5) is 21.9. The van der Waals surface area contributed by atoms with Gasteiger partial charge in [-0.2, -0.15) is 0 Å². The van der Waals surface area contributed by atoms with E-state index in [1.807, 2.05) is 12.1 Å². The van der Waals surface area contributed by atoms with E-state index in [2.05, 4.69) is 22.8 Å². The van der Waals surface area contributed by atoms with Gasteiger partial charge in [-0.15, -0.1) is 0 Å². The molecule has 1 saturated carbocycles. The Morgan fingerprint density at radius 1 is 1.20 bits per heavy atom. The van der Waals surface area contributed by atoms with Crippen molar-refractivity contribution in [2.75, 3.05) is 11.9 Å². The fraction of sp³-hybridized carbons (Fsp3) is 0.467. The summed E-state index contributed by atoms with van der Waals surface area (Å²) in [6.45, 7) is 0.359. The first kappa shape index (κ1) is 14.4. The van der Waals surface area contributed by atoms with Crippen LogP contribution in [0.3, 0.4) is 0 Å². The molecule has 0 aliphatic heterocycles. The van der Waals surface area contributed by atoms with Gasteiger partial charge in [0.05, 0.1) is 0 Å². The van der Waals surface area contributed by atoms with Crippen LogP contribution in [0.5, 0.6) is 0 Å². The van der Waals surface area contributed by atoms with Gasteiger partial charge in [-0.25, -0.2) is 4.79 Å². The Balaban J connectivity index is 1.72. The van der Waals surface area contributed by atoms with Gasteiger partial charge in [-0.3, -0.25) is 4.79 Å². The number of aliphatic carboxylic acids is 1. The number of carbonyl (C=O) groups is 2. The summed E-state index contributed by atoms with van der Waals surface area (Å²) < 4.78 is 0. The van der Waals surface area contributed by atoms with E-state index in [1.54, 1.807) is 0 Å². The van der Waals surface area contributed by atoms with Gasteiger partial charge in [-0.1, -0.05) is 18.6 Å². The second kappa shape index (κ2) is 6.93. The van der Waals surface area contributed by atoms with Crippen molar-refractivity contribution in [2.24, 2.45) is 0 Å².